The quantitative estimate of drug-likeness (QED) is 0.377. The van der Waals surface area contributed by atoms with E-state index in [9.17, 15) is 14.7 Å². The largest absolute Gasteiger partial charge is 0.444 e. The zero-order valence-electron chi connectivity index (χ0n) is 26.4. The van der Waals surface area contributed by atoms with E-state index in [0.717, 1.165) is 50.5 Å². The van der Waals surface area contributed by atoms with Crippen LogP contribution in [0.5, 0.6) is 0 Å². The number of ether oxygens (including phenoxy) is 1. The minimum atomic E-state index is -0.621. The van der Waals surface area contributed by atoms with Gasteiger partial charge in [-0.05, 0) is 129 Å². The van der Waals surface area contributed by atoms with E-state index in [2.05, 4.69) is 53.8 Å². The van der Waals surface area contributed by atoms with Crippen LogP contribution < -0.4 is 5.32 Å². The number of hydrogen-bond acceptors (Lipinski definition) is 4. The van der Waals surface area contributed by atoms with Crippen molar-refractivity contribution in [3.05, 3.63) is 11.1 Å². The molecule has 2 N–H and O–H groups in total. The first-order valence-corrected chi connectivity index (χ1v) is 15.8. The number of amides is 1. The summed E-state index contributed by atoms with van der Waals surface area (Å²) in [5.74, 6) is 1.77. The summed E-state index contributed by atoms with van der Waals surface area (Å²) in [6.45, 7) is 22.2. The summed E-state index contributed by atoms with van der Waals surface area (Å²) in [5.41, 5.74) is 1.38. The van der Waals surface area contributed by atoms with E-state index in [4.69, 9.17) is 4.74 Å². The molecule has 39 heavy (non-hydrogen) atoms. The van der Waals surface area contributed by atoms with Gasteiger partial charge in [-0.2, -0.15) is 0 Å². The Kier molecular flexibility index (Phi) is 6.59. The lowest BCUT2D eigenvalue weighted by Crippen LogP contribution is -2.67. The van der Waals surface area contributed by atoms with Crippen molar-refractivity contribution in [2.24, 2.45) is 45.3 Å². The molecule has 0 heterocycles. The number of carbonyl (C=O) groups excluding carboxylic acids is 2. The second-order valence-electron chi connectivity index (χ2n) is 16.8. The van der Waals surface area contributed by atoms with Crippen molar-refractivity contribution in [1.82, 2.24) is 5.32 Å². The number of hydrogen-bond donors (Lipinski definition) is 2. The van der Waals surface area contributed by atoms with Gasteiger partial charge in [0, 0.05) is 6.42 Å². The van der Waals surface area contributed by atoms with Crippen molar-refractivity contribution < 1.29 is 19.4 Å². The molecule has 5 aliphatic rings. The molecule has 1 amide bonds. The molecule has 0 radical (unpaired) electrons. The summed E-state index contributed by atoms with van der Waals surface area (Å²) in [6.07, 6.45) is 8.10. The SMILES string of the molecule is CC(C)C1=C2C3CCC4C5(C)CCC(O)C(C)(C)C5CCC4(C)[C@]3(C)CCC2(NC(=O)OC(C)(C)C)CC1=O. The maximum absolute atomic E-state index is 13.7. The average molecular weight is 542 g/mol. The van der Waals surface area contributed by atoms with E-state index >= 15 is 0 Å². The molecule has 0 bridgehead atoms. The Morgan fingerprint density at radius 1 is 0.923 bits per heavy atom. The topological polar surface area (TPSA) is 75.6 Å². The van der Waals surface area contributed by atoms with Gasteiger partial charge < -0.3 is 15.2 Å². The maximum atomic E-state index is 13.7. The number of ketones is 1. The van der Waals surface area contributed by atoms with Gasteiger partial charge in [0.05, 0.1) is 11.6 Å². The molecule has 5 aliphatic carbocycles. The number of alkyl carbamates (subject to hydrolysis) is 1. The highest BCUT2D eigenvalue weighted by atomic mass is 16.6. The minimum absolute atomic E-state index is 0.0588. The van der Waals surface area contributed by atoms with Crippen molar-refractivity contribution in [1.29, 1.82) is 0 Å². The smallest absolute Gasteiger partial charge is 0.408 e. The summed E-state index contributed by atoms with van der Waals surface area (Å²) >= 11 is 0. The highest BCUT2D eigenvalue weighted by Crippen LogP contribution is 2.75. The van der Waals surface area contributed by atoms with E-state index in [-0.39, 0.29) is 45.4 Å². The van der Waals surface area contributed by atoms with Gasteiger partial charge in [0.15, 0.2) is 5.78 Å². The highest BCUT2D eigenvalue weighted by molar-refractivity contribution is 6.02. The minimum Gasteiger partial charge on any atom is -0.444 e. The number of aliphatic hydroxyl groups excluding tert-OH is 1. The number of allylic oxidation sites excluding steroid dienone is 1. The molecule has 5 rings (SSSR count). The Balaban J connectivity index is 1.56. The maximum Gasteiger partial charge on any atom is 0.408 e. The molecule has 7 unspecified atom stereocenters. The number of aliphatic hydroxyl groups is 1. The fourth-order valence-corrected chi connectivity index (χ4v) is 11.2. The third-order valence-corrected chi connectivity index (χ3v) is 13.2. The van der Waals surface area contributed by atoms with Crippen LogP contribution in [0.15, 0.2) is 11.1 Å². The second kappa shape index (κ2) is 8.82. The number of nitrogens with one attached hydrogen (secondary N) is 1. The summed E-state index contributed by atoms with van der Waals surface area (Å²) in [6, 6.07) is 0. The summed E-state index contributed by atoms with van der Waals surface area (Å²) < 4.78 is 5.74. The fourth-order valence-electron chi connectivity index (χ4n) is 11.2. The van der Waals surface area contributed by atoms with Crippen LogP contribution >= 0.6 is 0 Å². The Morgan fingerprint density at radius 3 is 2.21 bits per heavy atom. The van der Waals surface area contributed by atoms with Crippen molar-refractivity contribution in [2.75, 3.05) is 0 Å². The Morgan fingerprint density at radius 2 is 1.59 bits per heavy atom. The first-order chi connectivity index (χ1) is 17.8. The Hall–Kier alpha value is -1.36. The van der Waals surface area contributed by atoms with Crippen LogP contribution in [0.1, 0.15) is 127 Å². The molecule has 0 saturated heterocycles. The standard InChI is InChI=1S/C34H55NO4/c1-20(2)26-22(36)19-34(35-28(38)39-29(3,4)5)18-17-32(9)21(27(26)34)11-12-24-31(8)15-14-25(37)30(6,7)23(31)13-16-33(24,32)10/h20-21,23-25,37H,11-19H2,1-10H3,(H,35,38)/t21?,23?,24?,25?,31?,32-,33?,34?/m1/s1. The summed E-state index contributed by atoms with van der Waals surface area (Å²) in [4.78, 5) is 26.8. The molecule has 8 atom stereocenters. The lowest BCUT2D eigenvalue weighted by atomic mass is 9.33. The monoisotopic (exact) mass is 541 g/mol. The fraction of sp³-hybridized carbons (Fsp3) is 0.882. The number of Topliss-reactive ketones (excluding diaryl/α,β-unsaturated/α-hetero) is 1. The average Bonchev–Trinajstić information content (AvgIpc) is 3.07. The van der Waals surface area contributed by atoms with Gasteiger partial charge >= 0.3 is 6.09 Å². The molecule has 0 aromatic carbocycles. The second-order valence-corrected chi connectivity index (χ2v) is 16.8. The molecule has 4 saturated carbocycles. The lowest BCUT2D eigenvalue weighted by Gasteiger charge is -2.72. The van der Waals surface area contributed by atoms with Crippen molar-refractivity contribution in [3.8, 4) is 0 Å². The molecule has 4 fully saturated rings. The number of fused-ring (bicyclic) bond motifs is 7. The van der Waals surface area contributed by atoms with Crippen molar-refractivity contribution in [2.45, 2.75) is 144 Å². The number of carbonyl (C=O) groups is 2. The predicted molar refractivity (Wildman–Crippen MR) is 155 cm³/mol. The van der Waals surface area contributed by atoms with Crippen LogP contribution in [0.2, 0.25) is 0 Å². The molecule has 0 spiro atoms. The molecular formula is C34H55NO4. The zero-order chi connectivity index (χ0) is 29.0. The van der Waals surface area contributed by atoms with E-state index < -0.39 is 17.2 Å². The van der Waals surface area contributed by atoms with Gasteiger partial charge in [0.2, 0.25) is 0 Å². The molecule has 220 valence electrons. The van der Waals surface area contributed by atoms with Gasteiger partial charge in [-0.3, -0.25) is 4.79 Å². The van der Waals surface area contributed by atoms with E-state index in [0.29, 0.717) is 18.3 Å². The summed E-state index contributed by atoms with van der Waals surface area (Å²) in [7, 11) is 0. The van der Waals surface area contributed by atoms with Crippen LogP contribution in [-0.2, 0) is 9.53 Å². The van der Waals surface area contributed by atoms with E-state index in [1.54, 1.807) is 0 Å². The lowest BCUT2D eigenvalue weighted by molar-refractivity contribution is -0.227. The normalized spacial score (nSPS) is 45.3. The van der Waals surface area contributed by atoms with E-state index in [1.165, 1.54) is 12.0 Å². The van der Waals surface area contributed by atoms with Crippen LogP contribution in [0.3, 0.4) is 0 Å². The zero-order valence-corrected chi connectivity index (χ0v) is 26.4. The van der Waals surface area contributed by atoms with E-state index in [1.807, 2.05) is 20.8 Å². The third-order valence-electron chi connectivity index (χ3n) is 13.2. The van der Waals surface area contributed by atoms with Crippen LogP contribution in [-0.4, -0.2) is 34.2 Å². The molecule has 5 heteroatoms. The highest BCUT2D eigenvalue weighted by Gasteiger charge is 2.70. The molecule has 0 aliphatic heterocycles. The summed E-state index contributed by atoms with van der Waals surface area (Å²) in [5, 5.41) is 14.3. The van der Waals surface area contributed by atoms with Gasteiger partial charge in [0.1, 0.15) is 5.60 Å². The Labute approximate surface area is 237 Å². The molecule has 5 nitrogen and oxygen atoms in total. The first kappa shape index (κ1) is 29.1. The van der Waals surface area contributed by atoms with Gasteiger partial charge in [-0.1, -0.05) is 48.5 Å². The molecule has 0 aromatic rings. The molecule has 0 aromatic heterocycles. The van der Waals surface area contributed by atoms with Crippen LogP contribution in [0, 0.1) is 45.3 Å². The van der Waals surface area contributed by atoms with Gasteiger partial charge in [0.25, 0.3) is 0 Å². The number of rotatable bonds is 2. The third kappa shape index (κ3) is 4.02. The van der Waals surface area contributed by atoms with Crippen molar-refractivity contribution in [3.63, 3.8) is 0 Å². The Bertz CT molecular complexity index is 1080. The predicted octanol–water partition coefficient (Wildman–Crippen LogP) is 7.61. The first-order valence-electron chi connectivity index (χ1n) is 15.8. The van der Waals surface area contributed by atoms with Crippen LogP contribution in [0.4, 0.5) is 4.79 Å². The van der Waals surface area contributed by atoms with Crippen LogP contribution in [0.25, 0.3) is 0 Å². The molecular weight excluding hydrogens is 486 g/mol. The van der Waals surface area contributed by atoms with Crippen molar-refractivity contribution >= 4 is 11.9 Å². The van der Waals surface area contributed by atoms with Gasteiger partial charge in [-0.25, -0.2) is 4.79 Å². The van der Waals surface area contributed by atoms with Gasteiger partial charge in [-0.15, -0.1) is 0 Å².